The lowest BCUT2D eigenvalue weighted by atomic mass is 10.1. The van der Waals surface area contributed by atoms with E-state index in [1.54, 1.807) is 14.0 Å². The van der Waals surface area contributed by atoms with E-state index in [2.05, 4.69) is 16.0 Å². The molecule has 1 unspecified atom stereocenters. The monoisotopic (exact) mass is 355 g/mol. The molecule has 0 aliphatic carbocycles. The third-order valence-corrected chi connectivity index (χ3v) is 3.82. The Morgan fingerprint density at radius 3 is 2.42 bits per heavy atom. The number of ether oxygens (including phenoxy) is 1. The molecule has 0 spiro atoms. The minimum Gasteiger partial charge on any atom is -0.492 e. The van der Waals surface area contributed by atoms with Crippen molar-refractivity contribution in [2.24, 2.45) is 0 Å². The fraction of sp³-hybridized carbons (Fsp3) is 0.300. The Kier molecular flexibility index (Phi) is 7.02. The van der Waals surface area contributed by atoms with Crippen LogP contribution in [0.25, 0.3) is 0 Å². The zero-order valence-corrected chi connectivity index (χ0v) is 15.3. The van der Waals surface area contributed by atoms with E-state index >= 15 is 0 Å². The molecule has 0 aliphatic heterocycles. The Bertz CT molecular complexity index is 744. The van der Waals surface area contributed by atoms with Gasteiger partial charge in [-0.3, -0.25) is 9.59 Å². The molecular weight excluding hydrogens is 330 g/mol. The summed E-state index contributed by atoms with van der Waals surface area (Å²) in [6, 6.07) is 14.4. The van der Waals surface area contributed by atoms with Gasteiger partial charge in [-0.15, -0.1) is 0 Å². The first-order valence-corrected chi connectivity index (χ1v) is 8.62. The summed E-state index contributed by atoms with van der Waals surface area (Å²) < 4.78 is 5.52. The Morgan fingerprint density at radius 1 is 1.08 bits per heavy atom. The first-order valence-electron chi connectivity index (χ1n) is 8.62. The maximum atomic E-state index is 12.4. The molecule has 26 heavy (non-hydrogen) atoms. The highest BCUT2D eigenvalue weighted by Crippen LogP contribution is 2.24. The molecule has 0 fully saturated rings. The van der Waals surface area contributed by atoms with Crippen LogP contribution in [-0.4, -0.2) is 31.5 Å². The molecule has 3 N–H and O–H groups in total. The predicted octanol–water partition coefficient (Wildman–Crippen LogP) is 2.81. The van der Waals surface area contributed by atoms with E-state index in [0.29, 0.717) is 24.5 Å². The quantitative estimate of drug-likeness (QED) is 0.680. The minimum absolute atomic E-state index is 0.0357. The van der Waals surface area contributed by atoms with Gasteiger partial charge in [-0.1, -0.05) is 24.3 Å². The van der Waals surface area contributed by atoms with E-state index in [-0.39, 0.29) is 11.8 Å². The summed E-state index contributed by atoms with van der Waals surface area (Å²) in [6.07, 6.45) is 0.334. The maximum Gasteiger partial charge on any atom is 0.246 e. The average Bonchev–Trinajstić information content (AvgIpc) is 2.65. The SMILES string of the molecule is CCOc1ccccc1NC(=O)C(C)Nc1ccc(CC(=O)NC)cc1. The first-order chi connectivity index (χ1) is 12.5. The highest BCUT2D eigenvalue weighted by molar-refractivity contribution is 5.97. The van der Waals surface area contributed by atoms with Crippen molar-refractivity contribution < 1.29 is 14.3 Å². The van der Waals surface area contributed by atoms with E-state index in [0.717, 1.165) is 11.3 Å². The smallest absolute Gasteiger partial charge is 0.246 e. The van der Waals surface area contributed by atoms with Crippen LogP contribution in [0.15, 0.2) is 48.5 Å². The van der Waals surface area contributed by atoms with Crippen molar-refractivity contribution in [2.75, 3.05) is 24.3 Å². The van der Waals surface area contributed by atoms with Gasteiger partial charge in [0, 0.05) is 12.7 Å². The number of carbonyl (C=O) groups excluding carboxylic acids is 2. The van der Waals surface area contributed by atoms with Crippen LogP contribution in [0.1, 0.15) is 19.4 Å². The number of rotatable bonds is 8. The Hall–Kier alpha value is -3.02. The second kappa shape index (κ2) is 9.46. The number of anilines is 2. The van der Waals surface area contributed by atoms with Crippen LogP contribution in [-0.2, 0) is 16.0 Å². The van der Waals surface area contributed by atoms with Gasteiger partial charge in [-0.2, -0.15) is 0 Å². The standard InChI is InChI=1S/C20H25N3O3/c1-4-26-18-8-6-5-7-17(18)23-20(25)14(2)22-16-11-9-15(10-12-16)13-19(24)21-3/h5-12,14,22H,4,13H2,1-3H3,(H,21,24)(H,23,25). The van der Waals surface area contributed by atoms with E-state index in [1.807, 2.05) is 55.5 Å². The van der Waals surface area contributed by atoms with Crippen molar-refractivity contribution >= 4 is 23.2 Å². The average molecular weight is 355 g/mol. The number of hydrogen-bond acceptors (Lipinski definition) is 4. The van der Waals surface area contributed by atoms with Gasteiger partial charge in [-0.05, 0) is 43.7 Å². The Labute approximate surface area is 153 Å². The van der Waals surface area contributed by atoms with Gasteiger partial charge in [0.05, 0.1) is 18.7 Å². The van der Waals surface area contributed by atoms with Crippen molar-refractivity contribution in [3.8, 4) is 5.75 Å². The molecule has 0 saturated heterocycles. The van der Waals surface area contributed by atoms with Crippen LogP contribution in [0.2, 0.25) is 0 Å². The van der Waals surface area contributed by atoms with Gasteiger partial charge >= 0.3 is 0 Å². The van der Waals surface area contributed by atoms with Crippen LogP contribution in [0.3, 0.4) is 0 Å². The van der Waals surface area contributed by atoms with E-state index < -0.39 is 6.04 Å². The van der Waals surface area contributed by atoms with Crippen LogP contribution < -0.4 is 20.7 Å². The maximum absolute atomic E-state index is 12.4. The topological polar surface area (TPSA) is 79.5 Å². The molecule has 2 aromatic carbocycles. The molecule has 2 rings (SSSR count). The molecule has 0 aliphatic rings. The highest BCUT2D eigenvalue weighted by Gasteiger charge is 2.15. The lowest BCUT2D eigenvalue weighted by molar-refractivity contribution is -0.120. The second-order valence-electron chi connectivity index (χ2n) is 5.83. The minimum atomic E-state index is -0.436. The van der Waals surface area contributed by atoms with Crippen molar-refractivity contribution in [1.82, 2.24) is 5.32 Å². The van der Waals surface area contributed by atoms with Gasteiger partial charge in [0.15, 0.2) is 0 Å². The third kappa shape index (κ3) is 5.51. The Balaban J connectivity index is 1.95. The van der Waals surface area contributed by atoms with Crippen molar-refractivity contribution in [3.05, 3.63) is 54.1 Å². The summed E-state index contributed by atoms with van der Waals surface area (Å²) in [7, 11) is 1.61. The lowest BCUT2D eigenvalue weighted by Crippen LogP contribution is -2.32. The second-order valence-corrected chi connectivity index (χ2v) is 5.83. The van der Waals surface area contributed by atoms with Crippen LogP contribution >= 0.6 is 0 Å². The number of benzene rings is 2. The van der Waals surface area contributed by atoms with E-state index in [1.165, 1.54) is 0 Å². The van der Waals surface area contributed by atoms with Crippen molar-refractivity contribution in [3.63, 3.8) is 0 Å². The molecule has 2 aromatic rings. The number of carbonyl (C=O) groups is 2. The number of hydrogen-bond donors (Lipinski definition) is 3. The molecule has 0 saturated carbocycles. The fourth-order valence-electron chi connectivity index (χ4n) is 2.40. The van der Waals surface area contributed by atoms with Gasteiger partial charge in [-0.25, -0.2) is 0 Å². The number of amides is 2. The number of nitrogens with one attached hydrogen (secondary N) is 3. The zero-order chi connectivity index (χ0) is 18.9. The van der Waals surface area contributed by atoms with Gasteiger partial charge in [0.25, 0.3) is 0 Å². The molecule has 0 radical (unpaired) electrons. The largest absolute Gasteiger partial charge is 0.492 e. The Morgan fingerprint density at radius 2 is 1.77 bits per heavy atom. The molecular formula is C20H25N3O3. The summed E-state index contributed by atoms with van der Waals surface area (Å²) in [5.74, 6) is 0.451. The molecule has 0 heterocycles. The van der Waals surface area contributed by atoms with E-state index in [9.17, 15) is 9.59 Å². The summed E-state index contributed by atoms with van der Waals surface area (Å²) in [5, 5.41) is 8.63. The molecule has 0 bridgehead atoms. The molecule has 1 atom stereocenters. The van der Waals surface area contributed by atoms with Crippen LogP contribution in [0.5, 0.6) is 5.75 Å². The molecule has 6 nitrogen and oxygen atoms in total. The first kappa shape index (κ1) is 19.3. The number of para-hydroxylation sites is 2. The fourth-order valence-corrected chi connectivity index (χ4v) is 2.40. The lowest BCUT2D eigenvalue weighted by Gasteiger charge is -2.17. The highest BCUT2D eigenvalue weighted by atomic mass is 16.5. The van der Waals surface area contributed by atoms with Crippen molar-refractivity contribution in [2.45, 2.75) is 26.3 Å². The van der Waals surface area contributed by atoms with Crippen LogP contribution in [0.4, 0.5) is 11.4 Å². The zero-order valence-electron chi connectivity index (χ0n) is 15.3. The summed E-state index contributed by atoms with van der Waals surface area (Å²) in [5.41, 5.74) is 2.37. The predicted molar refractivity (Wildman–Crippen MR) is 104 cm³/mol. The van der Waals surface area contributed by atoms with Gasteiger partial charge in [0.2, 0.25) is 11.8 Å². The summed E-state index contributed by atoms with van der Waals surface area (Å²) >= 11 is 0. The summed E-state index contributed by atoms with van der Waals surface area (Å²) in [4.78, 5) is 23.8. The van der Waals surface area contributed by atoms with Gasteiger partial charge in [0.1, 0.15) is 11.8 Å². The normalized spacial score (nSPS) is 11.3. The molecule has 6 heteroatoms. The molecule has 138 valence electrons. The molecule has 2 amide bonds. The van der Waals surface area contributed by atoms with Crippen LogP contribution in [0, 0.1) is 0 Å². The number of likely N-dealkylation sites (N-methyl/N-ethyl adjacent to an activating group) is 1. The molecule has 0 aromatic heterocycles. The summed E-state index contributed by atoms with van der Waals surface area (Å²) in [6.45, 7) is 4.22. The van der Waals surface area contributed by atoms with E-state index in [4.69, 9.17) is 4.74 Å². The van der Waals surface area contributed by atoms with Gasteiger partial charge < -0.3 is 20.7 Å². The van der Waals surface area contributed by atoms with Crippen molar-refractivity contribution in [1.29, 1.82) is 0 Å². The third-order valence-electron chi connectivity index (χ3n) is 3.82.